The van der Waals surface area contributed by atoms with E-state index in [0.29, 0.717) is 11.1 Å². The van der Waals surface area contributed by atoms with Gasteiger partial charge in [-0.25, -0.2) is 12.8 Å². The summed E-state index contributed by atoms with van der Waals surface area (Å²) in [6, 6.07) is 8.17. The number of benzene rings is 2. The SMILES string of the molecule is NCc1cc(F)cc(CS(=O)(=O)c2cc(Cl)ccc2Cl)c1. The van der Waals surface area contributed by atoms with Crippen molar-refractivity contribution in [1.29, 1.82) is 0 Å². The molecule has 0 radical (unpaired) electrons. The Morgan fingerprint density at radius 1 is 1.05 bits per heavy atom. The molecule has 2 N–H and O–H groups in total. The van der Waals surface area contributed by atoms with Crippen molar-refractivity contribution in [2.75, 3.05) is 0 Å². The van der Waals surface area contributed by atoms with E-state index < -0.39 is 15.7 Å². The van der Waals surface area contributed by atoms with E-state index in [-0.39, 0.29) is 27.2 Å². The fourth-order valence-corrected chi connectivity index (χ4v) is 4.07. The van der Waals surface area contributed by atoms with Crippen LogP contribution in [0.3, 0.4) is 0 Å². The van der Waals surface area contributed by atoms with E-state index in [0.717, 1.165) is 6.07 Å². The fraction of sp³-hybridized carbons (Fsp3) is 0.143. The summed E-state index contributed by atoms with van der Waals surface area (Å²) in [5.41, 5.74) is 6.29. The van der Waals surface area contributed by atoms with Crippen molar-refractivity contribution in [3.63, 3.8) is 0 Å². The summed E-state index contributed by atoms with van der Waals surface area (Å²) in [7, 11) is -3.73. The second-order valence-electron chi connectivity index (χ2n) is 4.51. The largest absolute Gasteiger partial charge is 0.326 e. The number of rotatable bonds is 4. The molecule has 0 fully saturated rings. The van der Waals surface area contributed by atoms with Gasteiger partial charge in [0.2, 0.25) is 0 Å². The second kappa shape index (κ2) is 6.32. The summed E-state index contributed by atoms with van der Waals surface area (Å²) in [6.45, 7) is 0.128. The maximum absolute atomic E-state index is 13.4. The molecule has 0 aromatic heterocycles. The van der Waals surface area contributed by atoms with Crippen LogP contribution in [0.1, 0.15) is 11.1 Å². The van der Waals surface area contributed by atoms with Crippen molar-refractivity contribution in [3.05, 3.63) is 63.4 Å². The number of sulfone groups is 1. The molecule has 7 heteroatoms. The van der Waals surface area contributed by atoms with Crippen LogP contribution in [0.4, 0.5) is 4.39 Å². The summed E-state index contributed by atoms with van der Waals surface area (Å²) in [5.74, 6) is -0.905. The van der Waals surface area contributed by atoms with Crippen LogP contribution in [-0.2, 0) is 22.1 Å². The fourth-order valence-electron chi connectivity index (χ4n) is 1.93. The zero-order valence-electron chi connectivity index (χ0n) is 10.8. The van der Waals surface area contributed by atoms with Crippen LogP contribution < -0.4 is 5.73 Å². The highest BCUT2D eigenvalue weighted by Crippen LogP contribution is 2.28. The number of nitrogens with two attached hydrogens (primary N) is 1. The van der Waals surface area contributed by atoms with Crippen LogP contribution in [0, 0.1) is 5.82 Å². The summed E-state index contributed by atoms with van der Waals surface area (Å²) in [6.07, 6.45) is 0. The molecule has 0 spiro atoms. The minimum absolute atomic E-state index is 0.0739. The Morgan fingerprint density at radius 3 is 2.38 bits per heavy atom. The summed E-state index contributed by atoms with van der Waals surface area (Å²) >= 11 is 11.7. The van der Waals surface area contributed by atoms with Crippen molar-refractivity contribution in [2.45, 2.75) is 17.2 Å². The molecule has 0 unspecified atom stereocenters. The molecule has 2 aromatic rings. The summed E-state index contributed by atoms with van der Waals surface area (Å²) in [5, 5.41) is 0.342. The Kier molecular flexibility index (Phi) is 4.88. The normalized spacial score (nSPS) is 11.6. The molecule has 0 saturated carbocycles. The first-order valence-corrected chi connectivity index (χ1v) is 8.39. The number of halogens is 3. The second-order valence-corrected chi connectivity index (χ2v) is 7.31. The van der Waals surface area contributed by atoms with Crippen molar-refractivity contribution >= 4 is 33.0 Å². The van der Waals surface area contributed by atoms with Gasteiger partial charge in [0.25, 0.3) is 0 Å². The maximum atomic E-state index is 13.4. The molecule has 0 aliphatic rings. The quantitative estimate of drug-likeness (QED) is 0.919. The molecule has 0 aliphatic carbocycles. The molecule has 0 saturated heterocycles. The first-order chi connectivity index (χ1) is 9.81. The highest BCUT2D eigenvalue weighted by atomic mass is 35.5. The van der Waals surface area contributed by atoms with Crippen molar-refractivity contribution in [1.82, 2.24) is 0 Å². The van der Waals surface area contributed by atoms with Crippen molar-refractivity contribution in [2.24, 2.45) is 5.73 Å². The Balaban J connectivity index is 2.42. The first-order valence-electron chi connectivity index (χ1n) is 5.98. The van der Waals surface area contributed by atoms with Crippen LogP contribution in [0.5, 0.6) is 0 Å². The van der Waals surface area contributed by atoms with Gasteiger partial charge >= 0.3 is 0 Å². The number of hydrogen-bond donors (Lipinski definition) is 1. The van der Waals surface area contributed by atoms with E-state index in [1.165, 1.54) is 24.3 Å². The predicted octanol–water partition coefficient (Wildman–Crippen LogP) is 3.57. The summed E-state index contributed by atoms with van der Waals surface area (Å²) in [4.78, 5) is -0.0739. The Labute approximate surface area is 132 Å². The lowest BCUT2D eigenvalue weighted by Crippen LogP contribution is -2.07. The monoisotopic (exact) mass is 347 g/mol. The zero-order valence-corrected chi connectivity index (χ0v) is 13.1. The van der Waals surface area contributed by atoms with Crippen LogP contribution in [0.2, 0.25) is 10.0 Å². The third-order valence-electron chi connectivity index (χ3n) is 2.84. The predicted molar refractivity (Wildman–Crippen MR) is 81.6 cm³/mol. The lowest BCUT2D eigenvalue weighted by Gasteiger charge is -2.08. The maximum Gasteiger partial charge on any atom is 0.184 e. The highest BCUT2D eigenvalue weighted by molar-refractivity contribution is 7.90. The van der Waals surface area contributed by atoms with E-state index in [2.05, 4.69) is 0 Å². The lowest BCUT2D eigenvalue weighted by atomic mass is 10.1. The molecule has 2 aromatic carbocycles. The van der Waals surface area contributed by atoms with E-state index >= 15 is 0 Å². The minimum atomic E-state index is -3.73. The van der Waals surface area contributed by atoms with Gasteiger partial charge in [0, 0.05) is 11.6 Å². The van der Waals surface area contributed by atoms with Crippen LogP contribution in [-0.4, -0.2) is 8.42 Å². The standard InChI is InChI=1S/C14H12Cl2FNO2S/c15-11-1-2-13(16)14(6-11)21(19,20)8-10-3-9(7-18)4-12(17)5-10/h1-6H,7-8,18H2. The molecule has 0 atom stereocenters. The van der Waals surface area contributed by atoms with E-state index in [4.69, 9.17) is 28.9 Å². The van der Waals surface area contributed by atoms with E-state index in [1.807, 2.05) is 0 Å². The smallest absolute Gasteiger partial charge is 0.184 e. The van der Waals surface area contributed by atoms with Gasteiger partial charge in [-0.2, -0.15) is 0 Å². The molecule has 0 bridgehead atoms. The van der Waals surface area contributed by atoms with Gasteiger partial charge < -0.3 is 5.73 Å². The molecule has 0 amide bonds. The van der Waals surface area contributed by atoms with Crippen LogP contribution in [0.25, 0.3) is 0 Å². The van der Waals surface area contributed by atoms with E-state index in [1.54, 1.807) is 6.07 Å². The Morgan fingerprint density at radius 2 is 1.71 bits per heavy atom. The third kappa shape index (κ3) is 3.95. The molecule has 112 valence electrons. The molecule has 21 heavy (non-hydrogen) atoms. The molecule has 0 aliphatic heterocycles. The van der Waals surface area contributed by atoms with Gasteiger partial charge in [0.05, 0.1) is 15.7 Å². The van der Waals surface area contributed by atoms with Gasteiger partial charge in [-0.3, -0.25) is 0 Å². The highest BCUT2D eigenvalue weighted by Gasteiger charge is 2.20. The van der Waals surface area contributed by atoms with Gasteiger partial charge in [0.15, 0.2) is 9.84 Å². The number of hydrogen-bond acceptors (Lipinski definition) is 3. The van der Waals surface area contributed by atoms with Gasteiger partial charge in [-0.1, -0.05) is 29.3 Å². The van der Waals surface area contributed by atoms with Crippen LogP contribution in [0.15, 0.2) is 41.3 Å². The van der Waals surface area contributed by atoms with Gasteiger partial charge in [-0.05, 0) is 41.5 Å². The lowest BCUT2D eigenvalue weighted by molar-refractivity contribution is 0.594. The molecular formula is C14H12Cl2FNO2S. The average molecular weight is 348 g/mol. The van der Waals surface area contributed by atoms with Gasteiger partial charge in [0.1, 0.15) is 5.82 Å². The molecule has 0 heterocycles. The van der Waals surface area contributed by atoms with Gasteiger partial charge in [-0.15, -0.1) is 0 Å². The van der Waals surface area contributed by atoms with E-state index in [9.17, 15) is 12.8 Å². The molecular weight excluding hydrogens is 336 g/mol. The Hall–Kier alpha value is -1.14. The summed E-state index contributed by atoms with van der Waals surface area (Å²) < 4.78 is 38.2. The molecule has 2 rings (SSSR count). The van der Waals surface area contributed by atoms with Crippen molar-refractivity contribution in [3.8, 4) is 0 Å². The van der Waals surface area contributed by atoms with Crippen LogP contribution >= 0.6 is 23.2 Å². The van der Waals surface area contributed by atoms with Crippen molar-refractivity contribution < 1.29 is 12.8 Å². The first kappa shape index (κ1) is 16.2. The molecule has 3 nitrogen and oxygen atoms in total. The third-order valence-corrected chi connectivity index (χ3v) is 5.24. The zero-order chi connectivity index (χ0) is 15.6. The Bertz CT molecular complexity index is 779. The topological polar surface area (TPSA) is 60.2 Å². The average Bonchev–Trinajstić information content (AvgIpc) is 2.40. The minimum Gasteiger partial charge on any atom is -0.326 e.